The topological polar surface area (TPSA) is 95.9 Å². The zero-order valence-corrected chi connectivity index (χ0v) is 34.1. The number of aliphatic hydroxyl groups excluding tert-OH is 2. The molecule has 0 aliphatic carbocycles. The van der Waals surface area contributed by atoms with Crippen LogP contribution in [0.15, 0.2) is 12.2 Å². The first kappa shape index (κ1) is 49.6. The molecule has 0 rings (SSSR count). The van der Waals surface area contributed by atoms with E-state index in [1.54, 1.807) is 0 Å². The number of allylic oxidation sites excluding steroid dienone is 2. The molecule has 0 heterocycles. The highest BCUT2D eigenvalue weighted by Gasteiger charge is 2.20. The maximum atomic E-state index is 12.4. The van der Waals surface area contributed by atoms with E-state index in [-0.39, 0.29) is 18.5 Å². The van der Waals surface area contributed by atoms with Gasteiger partial charge in [0.15, 0.2) is 0 Å². The quantitative estimate of drug-likeness (QED) is 0.0332. The van der Waals surface area contributed by atoms with Crippen LogP contribution in [-0.4, -0.2) is 47.4 Å². The second-order valence-electron chi connectivity index (χ2n) is 15.4. The van der Waals surface area contributed by atoms with E-state index < -0.39 is 12.1 Å². The molecule has 0 spiro atoms. The molecule has 0 aliphatic heterocycles. The van der Waals surface area contributed by atoms with Crippen LogP contribution < -0.4 is 5.32 Å². The minimum atomic E-state index is -0.680. The Labute approximate surface area is 317 Å². The van der Waals surface area contributed by atoms with Gasteiger partial charge >= 0.3 is 5.97 Å². The van der Waals surface area contributed by atoms with Crippen LogP contribution >= 0.6 is 0 Å². The van der Waals surface area contributed by atoms with Gasteiger partial charge in [0.1, 0.15) is 0 Å². The summed E-state index contributed by atoms with van der Waals surface area (Å²) >= 11 is 0. The van der Waals surface area contributed by atoms with Gasteiger partial charge in [-0.25, -0.2) is 0 Å². The van der Waals surface area contributed by atoms with Crippen LogP contribution in [0.3, 0.4) is 0 Å². The Bertz CT molecular complexity index is 757. The number of amides is 1. The SMILES string of the molecule is CCCCC/C=C\CCCCCCCC(=O)OCCCCCCCCCCCC(=O)NC(CO)C(O)CCCCCCCCCCCCCCC. The molecule has 302 valence electrons. The number of hydrogen-bond donors (Lipinski definition) is 3. The average molecular weight is 722 g/mol. The first-order valence-electron chi connectivity index (χ1n) is 22.4. The number of esters is 1. The molecule has 6 nitrogen and oxygen atoms in total. The van der Waals surface area contributed by atoms with Crippen molar-refractivity contribution in [2.24, 2.45) is 0 Å². The normalized spacial score (nSPS) is 12.8. The zero-order valence-electron chi connectivity index (χ0n) is 34.1. The summed E-state index contributed by atoms with van der Waals surface area (Å²) in [5.74, 6) is -0.0992. The lowest BCUT2D eigenvalue weighted by molar-refractivity contribution is -0.143. The van der Waals surface area contributed by atoms with Crippen molar-refractivity contribution in [3.63, 3.8) is 0 Å². The van der Waals surface area contributed by atoms with Gasteiger partial charge in [-0.05, 0) is 51.4 Å². The lowest BCUT2D eigenvalue weighted by Gasteiger charge is -2.22. The van der Waals surface area contributed by atoms with Crippen LogP contribution in [0.1, 0.15) is 239 Å². The van der Waals surface area contributed by atoms with E-state index >= 15 is 0 Å². The van der Waals surface area contributed by atoms with E-state index in [1.165, 1.54) is 148 Å². The van der Waals surface area contributed by atoms with Gasteiger partial charge in [0, 0.05) is 12.8 Å². The van der Waals surface area contributed by atoms with E-state index in [0.29, 0.717) is 25.9 Å². The summed E-state index contributed by atoms with van der Waals surface area (Å²) in [5, 5.41) is 23.1. The molecule has 1 amide bonds. The predicted octanol–water partition coefficient (Wildman–Crippen LogP) is 12.6. The highest BCUT2D eigenvalue weighted by atomic mass is 16.5. The van der Waals surface area contributed by atoms with Crippen molar-refractivity contribution in [2.45, 2.75) is 251 Å². The minimum Gasteiger partial charge on any atom is -0.466 e. The summed E-state index contributed by atoms with van der Waals surface area (Å²) < 4.78 is 5.42. The lowest BCUT2D eigenvalue weighted by atomic mass is 10.0. The van der Waals surface area contributed by atoms with Crippen LogP contribution in [0, 0.1) is 0 Å². The Morgan fingerprint density at radius 3 is 1.43 bits per heavy atom. The smallest absolute Gasteiger partial charge is 0.305 e. The Kier molecular flexibility index (Phi) is 40.2. The van der Waals surface area contributed by atoms with Crippen LogP contribution in [0.25, 0.3) is 0 Å². The van der Waals surface area contributed by atoms with Crippen LogP contribution in [0.4, 0.5) is 0 Å². The van der Waals surface area contributed by atoms with Crippen molar-refractivity contribution in [1.82, 2.24) is 5.32 Å². The van der Waals surface area contributed by atoms with E-state index in [2.05, 4.69) is 31.3 Å². The number of carbonyl (C=O) groups is 2. The summed E-state index contributed by atoms with van der Waals surface area (Å²) in [6.07, 6.45) is 44.4. The molecule has 0 bridgehead atoms. The highest BCUT2D eigenvalue weighted by Crippen LogP contribution is 2.15. The van der Waals surface area contributed by atoms with Gasteiger partial charge in [0.05, 0.1) is 25.4 Å². The molecule has 2 atom stereocenters. The summed E-state index contributed by atoms with van der Waals surface area (Å²) in [7, 11) is 0. The van der Waals surface area contributed by atoms with E-state index in [9.17, 15) is 19.8 Å². The number of rotatable bonds is 41. The van der Waals surface area contributed by atoms with Gasteiger partial charge in [-0.1, -0.05) is 187 Å². The van der Waals surface area contributed by atoms with E-state index in [0.717, 1.165) is 57.8 Å². The van der Waals surface area contributed by atoms with E-state index in [4.69, 9.17) is 4.74 Å². The van der Waals surface area contributed by atoms with Gasteiger partial charge in [0.2, 0.25) is 5.91 Å². The molecule has 0 aliphatic rings. The van der Waals surface area contributed by atoms with Gasteiger partial charge in [-0.15, -0.1) is 0 Å². The molecule has 0 aromatic heterocycles. The Balaban J connectivity index is 3.51. The summed E-state index contributed by atoms with van der Waals surface area (Å²) in [6.45, 7) is 4.85. The standard InChI is InChI=1S/C45H87NO5/c1-3-5-7-9-11-13-15-17-18-21-25-29-33-37-43(48)42(41-47)46-44(49)38-34-30-26-22-20-24-28-32-36-40-51-45(50)39-35-31-27-23-19-16-14-12-10-8-6-4-2/h12,14,42-43,47-48H,3-11,13,15-41H2,1-2H3,(H,46,49)/b14-12-. The third-order valence-electron chi connectivity index (χ3n) is 10.3. The Morgan fingerprint density at radius 2 is 0.922 bits per heavy atom. The third-order valence-corrected chi connectivity index (χ3v) is 10.3. The molecule has 0 fully saturated rings. The minimum absolute atomic E-state index is 0.0354. The third kappa shape index (κ3) is 38.1. The maximum absolute atomic E-state index is 12.4. The van der Waals surface area contributed by atoms with Crippen molar-refractivity contribution >= 4 is 11.9 Å². The van der Waals surface area contributed by atoms with Crippen molar-refractivity contribution < 1.29 is 24.5 Å². The Hall–Kier alpha value is -1.40. The predicted molar refractivity (Wildman–Crippen MR) is 218 cm³/mol. The van der Waals surface area contributed by atoms with Crippen LogP contribution in [0.5, 0.6) is 0 Å². The number of carbonyl (C=O) groups excluding carboxylic acids is 2. The number of unbranched alkanes of at least 4 members (excludes halogenated alkanes) is 28. The molecule has 0 radical (unpaired) electrons. The van der Waals surface area contributed by atoms with E-state index in [1.807, 2.05) is 0 Å². The van der Waals surface area contributed by atoms with Gasteiger partial charge in [-0.2, -0.15) is 0 Å². The summed E-state index contributed by atoms with van der Waals surface area (Å²) in [5.41, 5.74) is 0. The molecule has 2 unspecified atom stereocenters. The second kappa shape index (κ2) is 41.4. The Morgan fingerprint density at radius 1 is 0.529 bits per heavy atom. The summed E-state index contributed by atoms with van der Waals surface area (Å²) in [6, 6.07) is -0.559. The fourth-order valence-electron chi connectivity index (χ4n) is 6.81. The highest BCUT2D eigenvalue weighted by molar-refractivity contribution is 5.76. The lowest BCUT2D eigenvalue weighted by Crippen LogP contribution is -2.45. The maximum Gasteiger partial charge on any atom is 0.305 e. The fourth-order valence-corrected chi connectivity index (χ4v) is 6.81. The second-order valence-corrected chi connectivity index (χ2v) is 15.4. The van der Waals surface area contributed by atoms with Crippen molar-refractivity contribution in [1.29, 1.82) is 0 Å². The van der Waals surface area contributed by atoms with Gasteiger partial charge < -0.3 is 20.3 Å². The number of nitrogens with one attached hydrogen (secondary N) is 1. The number of aliphatic hydroxyl groups is 2. The van der Waals surface area contributed by atoms with Gasteiger partial charge in [0.25, 0.3) is 0 Å². The average Bonchev–Trinajstić information content (AvgIpc) is 3.13. The molecule has 0 saturated heterocycles. The monoisotopic (exact) mass is 722 g/mol. The molecule has 0 saturated carbocycles. The largest absolute Gasteiger partial charge is 0.466 e. The first-order valence-corrected chi connectivity index (χ1v) is 22.4. The first-order chi connectivity index (χ1) is 25.0. The zero-order chi connectivity index (χ0) is 37.3. The number of hydrogen-bond acceptors (Lipinski definition) is 5. The molecular formula is C45H87NO5. The van der Waals surface area contributed by atoms with Crippen molar-refractivity contribution in [3.05, 3.63) is 12.2 Å². The summed E-state index contributed by atoms with van der Waals surface area (Å²) in [4.78, 5) is 24.4. The van der Waals surface area contributed by atoms with Gasteiger partial charge in [-0.3, -0.25) is 9.59 Å². The fraction of sp³-hybridized carbons (Fsp3) is 0.911. The molecule has 51 heavy (non-hydrogen) atoms. The molecule has 0 aromatic rings. The van der Waals surface area contributed by atoms with Crippen molar-refractivity contribution in [2.75, 3.05) is 13.2 Å². The van der Waals surface area contributed by atoms with Crippen LogP contribution in [-0.2, 0) is 14.3 Å². The van der Waals surface area contributed by atoms with Crippen molar-refractivity contribution in [3.8, 4) is 0 Å². The van der Waals surface area contributed by atoms with Crippen LogP contribution in [0.2, 0.25) is 0 Å². The molecule has 3 N–H and O–H groups in total. The molecule has 0 aromatic carbocycles. The number of ether oxygens (including phenoxy) is 1. The molecular weight excluding hydrogens is 634 g/mol. The molecule has 6 heteroatoms.